The van der Waals surface area contributed by atoms with Crippen molar-refractivity contribution in [1.29, 1.82) is 0 Å². The van der Waals surface area contributed by atoms with E-state index in [1.54, 1.807) is 6.92 Å². The molecule has 162 valence electrons. The molecule has 8 nitrogen and oxygen atoms in total. The number of amides is 3. The Balaban J connectivity index is 0.00000272. The number of pyridine rings is 1. The number of nitrogens with one attached hydrogen (secondary N) is 2. The van der Waals surface area contributed by atoms with Gasteiger partial charge in [-0.3, -0.25) is 9.69 Å². The van der Waals surface area contributed by atoms with E-state index in [9.17, 15) is 14.4 Å². The van der Waals surface area contributed by atoms with Crippen molar-refractivity contribution in [2.45, 2.75) is 13.3 Å². The standard InChI is InChI=1S/C22H22N4O4.HI/c1-3-30-21(28)20-19(15-7-9-25(2)10-8-15)16-12-14(4-5-17(16)24-20)6-11-26-18(27)13-23-22(26)29;/h4-5,7-10,12H,3,6,11,13H2,1-2H3,(H,23,29);1H. The average Bonchev–Trinajstić information content (AvgIpc) is 3.27. The molecule has 31 heavy (non-hydrogen) atoms. The third-order valence-corrected chi connectivity index (χ3v) is 5.17. The number of aromatic nitrogens is 2. The predicted octanol–water partition coefficient (Wildman–Crippen LogP) is -1.07. The molecule has 3 aromatic rings. The molecule has 3 amide bonds. The summed E-state index contributed by atoms with van der Waals surface area (Å²) >= 11 is 0. The summed E-state index contributed by atoms with van der Waals surface area (Å²) in [7, 11) is 1.93. The highest BCUT2D eigenvalue weighted by molar-refractivity contribution is 6.08. The molecule has 3 heterocycles. The third-order valence-electron chi connectivity index (χ3n) is 5.17. The van der Waals surface area contributed by atoms with Gasteiger partial charge in [0.05, 0.1) is 13.2 Å². The van der Waals surface area contributed by atoms with Crippen LogP contribution in [0.2, 0.25) is 0 Å². The Labute approximate surface area is 196 Å². The summed E-state index contributed by atoms with van der Waals surface area (Å²) in [6, 6.07) is 9.38. The first-order valence-corrected chi connectivity index (χ1v) is 9.83. The number of H-pyrrole nitrogens is 1. The van der Waals surface area contributed by atoms with Crippen molar-refractivity contribution in [2.75, 3.05) is 19.7 Å². The highest BCUT2D eigenvalue weighted by Crippen LogP contribution is 2.33. The zero-order valence-electron chi connectivity index (χ0n) is 17.3. The van der Waals surface area contributed by atoms with Crippen molar-refractivity contribution in [2.24, 2.45) is 7.05 Å². The van der Waals surface area contributed by atoms with Gasteiger partial charge < -0.3 is 39.0 Å². The minimum atomic E-state index is -0.405. The van der Waals surface area contributed by atoms with E-state index in [2.05, 4.69) is 10.3 Å². The van der Waals surface area contributed by atoms with Crippen LogP contribution in [0.3, 0.4) is 0 Å². The van der Waals surface area contributed by atoms with Gasteiger partial charge in [0.2, 0.25) is 5.91 Å². The van der Waals surface area contributed by atoms with Gasteiger partial charge in [0, 0.05) is 35.1 Å². The minimum absolute atomic E-state index is 0. The largest absolute Gasteiger partial charge is 1.00 e. The van der Waals surface area contributed by atoms with E-state index in [1.807, 2.05) is 54.3 Å². The van der Waals surface area contributed by atoms with Gasteiger partial charge in [0.1, 0.15) is 12.7 Å². The van der Waals surface area contributed by atoms with E-state index in [4.69, 9.17) is 4.74 Å². The maximum absolute atomic E-state index is 12.6. The number of fused-ring (bicyclic) bond motifs is 1. The number of urea groups is 1. The van der Waals surface area contributed by atoms with Crippen molar-refractivity contribution in [3.05, 3.63) is 54.0 Å². The first-order chi connectivity index (χ1) is 14.5. The lowest BCUT2D eigenvalue weighted by atomic mass is 10.0. The molecule has 2 aromatic heterocycles. The molecule has 2 N–H and O–H groups in total. The number of imide groups is 1. The summed E-state index contributed by atoms with van der Waals surface area (Å²) in [5, 5.41) is 3.42. The molecule has 0 aliphatic carbocycles. The maximum atomic E-state index is 12.6. The van der Waals surface area contributed by atoms with E-state index in [0.29, 0.717) is 18.7 Å². The molecule has 0 bridgehead atoms. The minimum Gasteiger partial charge on any atom is -1.00 e. The first kappa shape index (κ1) is 22.7. The van der Waals surface area contributed by atoms with Crippen LogP contribution in [0.4, 0.5) is 4.79 Å². The number of benzene rings is 1. The number of carbonyl (C=O) groups is 3. The Hall–Kier alpha value is -2.95. The van der Waals surface area contributed by atoms with Crippen LogP contribution in [0.15, 0.2) is 42.7 Å². The number of ether oxygens (including phenoxy) is 1. The molecular weight excluding hydrogens is 511 g/mol. The second kappa shape index (κ2) is 9.46. The van der Waals surface area contributed by atoms with Crippen LogP contribution in [0.1, 0.15) is 23.0 Å². The molecule has 0 spiro atoms. The fourth-order valence-electron chi connectivity index (χ4n) is 3.64. The van der Waals surface area contributed by atoms with Crippen LogP contribution in [-0.2, 0) is 23.0 Å². The van der Waals surface area contributed by atoms with E-state index >= 15 is 0 Å². The lowest BCUT2D eigenvalue weighted by molar-refractivity contribution is -0.671. The SMILES string of the molecule is CCOC(=O)c1[nH]c2ccc(CCN3C(=O)CNC3=O)cc2c1-c1cc[n+](C)cc1.[I-]. The van der Waals surface area contributed by atoms with Gasteiger partial charge in [-0.15, -0.1) is 0 Å². The zero-order chi connectivity index (χ0) is 21.3. The molecule has 9 heteroatoms. The Morgan fingerprint density at radius 1 is 1.19 bits per heavy atom. The van der Waals surface area contributed by atoms with Gasteiger partial charge in [0.15, 0.2) is 12.4 Å². The number of esters is 1. The van der Waals surface area contributed by atoms with Crippen LogP contribution >= 0.6 is 0 Å². The Morgan fingerprint density at radius 3 is 2.58 bits per heavy atom. The molecule has 1 aliphatic heterocycles. The topological polar surface area (TPSA) is 95.4 Å². The molecule has 1 aromatic carbocycles. The van der Waals surface area contributed by atoms with E-state index in [-0.39, 0.29) is 49.1 Å². The van der Waals surface area contributed by atoms with Gasteiger partial charge in [0.25, 0.3) is 0 Å². The molecule has 0 saturated carbocycles. The number of rotatable bonds is 6. The van der Waals surface area contributed by atoms with E-state index < -0.39 is 5.97 Å². The molecule has 0 unspecified atom stereocenters. The number of aromatic amines is 1. The average molecular weight is 534 g/mol. The first-order valence-electron chi connectivity index (χ1n) is 9.83. The predicted molar refractivity (Wildman–Crippen MR) is 110 cm³/mol. The van der Waals surface area contributed by atoms with Crippen LogP contribution in [0.5, 0.6) is 0 Å². The fourth-order valence-corrected chi connectivity index (χ4v) is 3.64. The zero-order valence-corrected chi connectivity index (χ0v) is 19.4. The van der Waals surface area contributed by atoms with Crippen molar-refractivity contribution in [1.82, 2.24) is 15.2 Å². The van der Waals surface area contributed by atoms with Gasteiger partial charge in [-0.25, -0.2) is 14.2 Å². The lowest BCUT2D eigenvalue weighted by Gasteiger charge is -2.12. The third kappa shape index (κ3) is 4.55. The highest BCUT2D eigenvalue weighted by Gasteiger charge is 2.28. The molecule has 0 radical (unpaired) electrons. The number of hydrogen-bond acceptors (Lipinski definition) is 4. The van der Waals surface area contributed by atoms with Gasteiger partial charge in [-0.2, -0.15) is 0 Å². The number of carbonyl (C=O) groups excluding carboxylic acids is 3. The van der Waals surface area contributed by atoms with Crippen molar-refractivity contribution >= 4 is 28.8 Å². The van der Waals surface area contributed by atoms with Gasteiger partial charge in [-0.05, 0) is 36.6 Å². The summed E-state index contributed by atoms with van der Waals surface area (Å²) in [6.45, 7) is 2.42. The monoisotopic (exact) mass is 534 g/mol. The molecule has 1 fully saturated rings. The van der Waals surface area contributed by atoms with Crippen molar-refractivity contribution in [3.8, 4) is 11.1 Å². The number of aryl methyl sites for hydroxylation is 1. The summed E-state index contributed by atoms with van der Waals surface area (Å²) < 4.78 is 7.17. The summed E-state index contributed by atoms with van der Waals surface area (Å²) in [6.07, 6.45) is 4.37. The Morgan fingerprint density at radius 2 is 1.94 bits per heavy atom. The second-order valence-electron chi connectivity index (χ2n) is 7.18. The lowest BCUT2D eigenvalue weighted by Crippen LogP contribution is -3.00. The summed E-state index contributed by atoms with van der Waals surface area (Å²) in [5.41, 5.74) is 3.87. The normalized spacial score (nSPS) is 13.3. The van der Waals surface area contributed by atoms with E-state index in [1.165, 1.54) is 4.90 Å². The van der Waals surface area contributed by atoms with Gasteiger partial charge >= 0.3 is 12.0 Å². The molecule has 1 aliphatic rings. The highest BCUT2D eigenvalue weighted by atomic mass is 127. The van der Waals surface area contributed by atoms with Crippen LogP contribution in [0, 0.1) is 0 Å². The molecule has 4 rings (SSSR count). The second-order valence-corrected chi connectivity index (χ2v) is 7.18. The van der Waals surface area contributed by atoms with Crippen LogP contribution in [0.25, 0.3) is 22.0 Å². The Bertz CT molecular complexity index is 1120. The number of nitrogens with zero attached hydrogens (tertiary/aromatic N) is 2. The molecule has 0 atom stereocenters. The van der Waals surface area contributed by atoms with Crippen LogP contribution in [-0.4, -0.2) is 47.5 Å². The number of hydrogen-bond donors (Lipinski definition) is 2. The fraction of sp³-hybridized carbons (Fsp3) is 0.273. The maximum Gasteiger partial charge on any atom is 0.355 e. The van der Waals surface area contributed by atoms with E-state index in [0.717, 1.165) is 27.6 Å². The summed E-state index contributed by atoms with van der Waals surface area (Å²) in [4.78, 5) is 40.6. The Kier molecular flexibility index (Phi) is 6.94. The molecule has 1 saturated heterocycles. The van der Waals surface area contributed by atoms with Crippen LogP contribution < -0.4 is 33.9 Å². The van der Waals surface area contributed by atoms with Crippen molar-refractivity contribution < 1.29 is 47.7 Å². The van der Waals surface area contributed by atoms with Gasteiger partial charge in [-0.1, -0.05) is 6.07 Å². The quantitative estimate of drug-likeness (QED) is 0.183. The summed E-state index contributed by atoms with van der Waals surface area (Å²) in [5.74, 6) is -0.622. The number of halogens is 1. The van der Waals surface area contributed by atoms with Crippen molar-refractivity contribution in [3.63, 3.8) is 0 Å². The smallest absolute Gasteiger partial charge is 0.355 e. The molecular formula is C22H23IN4O4.